The Labute approximate surface area is 172 Å². The van der Waals surface area contributed by atoms with Gasteiger partial charge in [-0.15, -0.1) is 0 Å². The molecule has 3 heterocycles. The quantitative estimate of drug-likeness (QED) is 0.801. The molecule has 29 heavy (non-hydrogen) atoms. The van der Waals surface area contributed by atoms with Crippen LogP contribution in [0.1, 0.15) is 49.1 Å². The van der Waals surface area contributed by atoms with Gasteiger partial charge in [0.2, 0.25) is 11.8 Å². The zero-order valence-corrected chi connectivity index (χ0v) is 17.4. The van der Waals surface area contributed by atoms with Gasteiger partial charge in [-0.1, -0.05) is 36.8 Å². The first-order chi connectivity index (χ1) is 14.0. The average Bonchev–Trinajstić information content (AvgIpc) is 3.25. The zero-order valence-electron chi connectivity index (χ0n) is 17.4. The molecule has 2 fully saturated rings. The standard InChI is InChI=1S/C23H30N4O2/c1-17-14-18(2)27(24-17)16-23(29)25-13-12-21-20(25)10-6-7-11-22(28)26(21)15-19-8-4-3-5-9-19/h3-5,8-9,14,20-21H,6-7,10-13,15-16H2,1-2H3/t20-,21+/m1/s1. The van der Waals surface area contributed by atoms with Crippen LogP contribution in [0.3, 0.4) is 0 Å². The van der Waals surface area contributed by atoms with E-state index >= 15 is 0 Å². The van der Waals surface area contributed by atoms with E-state index in [9.17, 15) is 9.59 Å². The fourth-order valence-corrected chi connectivity index (χ4v) is 4.86. The van der Waals surface area contributed by atoms with Crippen LogP contribution in [-0.2, 0) is 22.7 Å². The summed E-state index contributed by atoms with van der Waals surface area (Å²) >= 11 is 0. The number of likely N-dealkylation sites (tertiary alicyclic amines) is 2. The second-order valence-electron chi connectivity index (χ2n) is 8.35. The number of hydrogen-bond acceptors (Lipinski definition) is 3. The van der Waals surface area contributed by atoms with Crippen LogP contribution in [-0.4, -0.2) is 50.0 Å². The van der Waals surface area contributed by atoms with Crippen LogP contribution in [0.2, 0.25) is 0 Å². The molecule has 0 saturated carbocycles. The van der Waals surface area contributed by atoms with Gasteiger partial charge in [0.25, 0.3) is 0 Å². The van der Waals surface area contributed by atoms with Crippen LogP contribution in [0.4, 0.5) is 0 Å². The minimum absolute atomic E-state index is 0.104. The largest absolute Gasteiger partial charge is 0.336 e. The molecule has 2 aliphatic rings. The lowest BCUT2D eigenvalue weighted by Gasteiger charge is -2.37. The van der Waals surface area contributed by atoms with E-state index in [0.717, 1.165) is 42.6 Å². The van der Waals surface area contributed by atoms with E-state index in [1.54, 1.807) is 4.68 Å². The maximum Gasteiger partial charge on any atom is 0.244 e. The normalized spacial score (nSPS) is 22.3. The van der Waals surface area contributed by atoms with Gasteiger partial charge in [0, 0.05) is 25.2 Å². The third kappa shape index (κ3) is 4.21. The highest BCUT2D eigenvalue weighted by atomic mass is 16.2. The maximum atomic E-state index is 13.1. The van der Waals surface area contributed by atoms with Gasteiger partial charge in [0.15, 0.2) is 0 Å². The summed E-state index contributed by atoms with van der Waals surface area (Å²) in [6.07, 6.45) is 4.32. The Balaban J connectivity index is 1.53. The Morgan fingerprint density at radius 2 is 1.90 bits per heavy atom. The lowest BCUT2D eigenvalue weighted by atomic mass is 9.96. The SMILES string of the molecule is Cc1cc(C)n(CC(=O)N2CC[C@H]3[C@H]2CCCCC(=O)N3Cc2ccccc2)n1. The average molecular weight is 395 g/mol. The highest BCUT2D eigenvalue weighted by Crippen LogP contribution is 2.31. The summed E-state index contributed by atoms with van der Waals surface area (Å²) in [7, 11) is 0. The van der Waals surface area contributed by atoms with Crippen molar-refractivity contribution in [2.45, 2.75) is 71.1 Å². The molecular weight excluding hydrogens is 364 g/mol. The first-order valence-electron chi connectivity index (χ1n) is 10.7. The second kappa shape index (κ2) is 8.39. The lowest BCUT2D eigenvalue weighted by Crippen LogP contribution is -2.50. The van der Waals surface area contributed by atoms with Gasteiger partial charge in [-0.2, -0.15) is 5.10 Å². The number of nitrogens with zero attached hydrogens (tertiary/aromatic N) is 4. The molecule has 0 aliphatic carbocycles. The van der Waals surface area contributed by atoms with Crippen LogP contribution in [0.5, 0.6) is 0 Å². The number of aryl methyl sites for hydroxylation is 2. The molecule has 2 amide bonds. The molecule has 0 unspecified atom stereocenters. The summed E-state index contributed by atoms with van der Waals surface area (Å²) in [5.74, 6) is 0.327. The fourth-order valence-electron chi connectivity index (χ4n) is 4.86. The third-order valence-electron chi connectivity index (χ3n) is 6.28. The minimum Gasteiger partial charge on any atom is -0.336 e. The van der Waals surface area contributed by atoms with Crippen molar-refractivity contribution in [3.8, 4) is 0 Å². The highest BCUT2D eigenvalue weighted by molar-refractivity contribution is 5.79. The predicted molar refractivity (Wildman–Crippen MR) is 111 cm³/mol. The molecule has 2 aliphatic heterocycles. The Morgan fingerprint density at radius 1 is 1.10 bits per heavy atom. The Morgan fingerprint density at radius 3 is 2.62 bits per heavy atom. The molecule has 2 aromatic rings. The van der Waals surface area contributed by atoms with E-state index in [0.29, 0.717) is 19.5 Å². The van der Waals surface area contributed by atoms with Crippen LogP contribution in [0.25, 0.3) is 0 Å². The van der Waals surface area contributed by atoms with Gasteiger partial charge < -0.3 is 9.80 Å². The smallest absolute Gasteiger partial charge is 0.244 e. The van der Waals surface area contributed by atoms with E-state index in [1.165, 1.54) is 0 Å². The molecule has 1 aromatic carbocycles. The van der Waals surface area contributed by atoms with E-state index in [-0.39, 0.29) is 30.4 Å². The molecule has 2 saturated heterocycles. The number of benzene rings is 1. The van der Waals surface area contributed by atoms with Crippen LogP contribution < -0.4 is 0 Å². The van der Waals surface area contributed by atoms with Crippen LogP contribution >= 0.6 is 0 Å². The molecule has 6 nitrogen and oxygen atoms in total. The first kappa shape index (κ1) is 19.7. The van der Waals surface area contributed by atoms with E-state index in [1.807, 2.05) is 47.9 Å². The van der Waals surface area contributed by atoms with Gasteiger partial charge >= 0.3 is 0 Å². The predicted octanol–water partition coefficient (Wildman–Crippen LogP) is 3.07. The Hall–Kier alpha value is -2.63. The van der Waals surface area contributed by atoms with Crippen LogP contribution in [0.15, 0.2) is 36.4 Å². The van der Waals surface area contributed by atoms with Crippen molar-refractivity contribution in [2.75, 3.05) is 6.54 Å². The van der Waals surface area contributed by atoms with Crippen molar-refractivity contribution in [3.63, 3.8) is 0 Å². The van der Waals surface area contributed by atoms with Gasteiger partial charge in [0.1, 0.15) is 6.54 Å². The van der Waals surface area contributed by atoms with E-state index in [2.05, 4.69) is 17.2 Å². The van der Waals surface area contributed by atoms with Crippen molar-refractivity contribution in [3.05, 3.63) is 53.3 Å². The Kier molecular flexibility index (Phi) is 5.69. The number of amides is 2. The molecule has 1 aromatic heterocycles. The van der Waals surface area contributed by atoms with Gasteiger partial charge in [-0.3, -0.25) is 14.3 Å². The summed E-state index contributed by atoms with van der Waals surface area (Å²) in [4.78, 5) is 30.1. The second-order valence-corrected chi connectivity index (χ2v) is 8.35. The Bertz CT molecular complexity index is 876. The number of rotatable bonds is 4. The van der Waals surface area contributed by atoms with Crippen molar-refractivity contribution < 1.29 is 9.59 Å². The number of carbonyl (C=O) groups excluding carboxylic acids is 2. The summed E-state index contributed by atoms with van der Waals surface area (Å²) in [5, 5.41) is 4.45. The van der Waals surface area contributed by atoms with Gasteiger partial charge in [0.05, 0.1) is 17.8 Å². The molecule has 0 N–H and O–H groups in total. The third-order valence-corrected chi connectivity index (χ3v) is 6.28. The summed E-state index contributed by atoms with van der Waals surface area (Å²) < 4.78 is 1.79. The fraction of sp³-hybridized carbons (Fsp3) is 0.522. The molecule has 6 heteroatoms. The summed E-state index contributed by atoms with van der Waals surface area (Å²) in [6.45, 7) is 5.54. The molecular formula is C23H30N4O2. The van der Waals surface area contributed by atoms with Crippen LogP contribution in [0, 0.1) is 13.8 Å². The van der Waals surface area contributed by atoms with E-state index in [4.69, 9.17) is 0 Å². The summed E-state index contributed by atoms with van der Waals surface area (Å²) in [5.41, 5.74) is 3.08. The summed E-state index contributed by atoms with van der Waals surface area (Å²) in [6, 6.07) is 12.4. The number of hydrogen-bond donors (Lipinski definition) is 0. The number of carbonyl (C=O) groups is 2. The number of fused-ring (bicyclic) bond motifs is 1. The van der Waals surface area contributed by atoms with Crippen molar-refractivity contribution in [1.29, 1.82) is 0 Å². The molecule has 154 valence electrons. The minimum atomic E-state index is 0.104. The molecule has 4 rings (SSSR count). The topological polar surface area (TPSA) is 58.4 Å². The number of aromatic nitrogens is 2. The monoisotopic (exact) mass is 394 g/mol. The van der Waals surface area contributed by atoms with Crippen molar-refractivity contribution in [2.24, 2.45) is 0 Å². The molecule has 0 bridgehead atoms. The van der Waals surface area contributed by atoms with Crippen molar-refractivity contribution in [1.82, 2.24) is 19.6 Å². The zero-order chi connectivity index (χ0) is 20.4. The highest BCUT2D eigenvalue weighted by Gasteiger charge is 2.42. The van der Waals surface area contributed by atoms with Gasteiger partial charge in [-0.05, 0) is 44.7 Å². The van der Waals surface area contributed by atoms with Crippen molar-refractivity contribution >= 4 is 11.8 Å². The lowest BCUT2D eigenvalue weighted by molar-refractivity contribution is -0.139. The molecule has 0 spiro atoms. The van der Waals surface area contributed by atoms with Gasteiger partial charge in [-0.25, -0.2) is 0 Å². The first-order valence-corrected chi connectivity index (χ1v) is 10.7. The maximum absolute atomic E-state index is 13.1. The molecule has 0 radical (unpaired) electrons. The molecule has 2 atom stereocenters. The van der Waals surface area contributed by atoms with E-state index < -0.39 is 0 Å².